The van der Waals surface area contributed by atoms with Crippen LogP contribution in [-0.2, 0) is 9.59 Å². The van der Waals surface area contributed by atoms with Crippen molar-refractivity contribution in [3.63, 3.8) is 0 Å². The van der Waals surface area contributed by atoms with Crippen molar-refractivity contribution in [3.8, 4) is 0 Å². The number of hydrogen-bond acceptors (Lipinski definition) is 2. The molecule has 2 fully saturated rings. The van der Waals surface area contributed by atoms with Gasteiger partial charge in [0.15, 0.2) is 0 Å². The molecule has 4 heteroatoms. The molecule has 1 amide bonds. The summed E-state index contributed by atoms with van der Waals surface area (Å²) in [6.45, 7) is 1.40. The third-order valence-electron chi connectivity index (χ3n) is 4.59. The van der Waals surface area contributed by atoms with Crippen LogP contribution in [0.15, 0.2) is 0 Å². The molecule has 1 saturated carbocycles. The third kappa shape index (κ3) is 4.51. The van der Waals surface area contributed by atoms with Gasteiger partial charge < -0.3 is 10.0 Å². The summed E-state index contributed by atoms with van der Waals surface area (Å²) >= 11 is 0. The molecule has 108 valence electrons. The Labute approximate surface area is 115 Å². The number of carboxylic acid groups (broad SMARTS) is 1. The third-order valence-corrected chi connectivity index (χ3v) is 4.59. The number of aliphatic carboxylic acids is 1. The van der Waals surface area contributed by atoms with Crippen LogP contribution in [0.2, 0.25) is 0 Å². The van der Waals surface area contributed by atoms with Gasteiger partial charge in [-0.3, -0.25) is 9.59 Å². The zero-order valence-electron chi connectivity index (χ0n) is 11.6. The van der Waals surface area contributed by atoms with Crippen LogP contribution < -0.4 is 0 Å². The van der Waals surface area contributed by atoms with Gasteiger partial charge in [0, 0.05) is 25.9 Å². The van der Waals surface area contributed by atoms with Crippen LogP contribution in [0.3, 0.4) is 0 Å². The average Bonchev–Trinajstić information content (AvgIpc) is 2.85. The molecule has 0 radical (unpaired) electrons. The van der Waals surface area contributed by atoms with Gasteiger partial charge >= 0.3 is 5.97 Å². The fourth-order valence-electron chi connectivity index (χ4n) is 3.43. The number of carbonyl (C=O) groups excluding carboxylic acids is 1. The number of carboxylic acids is 1. The van der Waals surface area contributed by atoms with E-state index in [1.54, 1.807) is 0 Å². The van der Waals surface area contributed by atoms with E-state index in [0.717, 1.165) is 25.3 Å². The summed E-state index contributed by atoms with van der Waals surface area (Å²) in [5, 5.41) is 8.77. The minimum absolute atomic E-state index is 0.163. The molecule has 1 unspecified atom stereocenters. The lowest BCUT2D eigenvalue weighted by atomic mass is 9.86. The van der Waals surface area contributed by atoms with E-state index in [-0.39, 0.29) is 18.2 Å². The zero-order valence-corrected chi connectivity index (χ0v) is 11.6. The molecule has 19 heavy (non-hydrogen) atoms. The number of rotatable bonds is 5. The molecule has 0 aromatic heterocycles. The average molecular weight is 267 g/mol. The van der Waals surface area contributed by atoms with Crippen LogP contribution in [0.5, 0.6) is 0 Å². The molecular formula is C15H25NO3. The Balaban J connectivity index is 1.67. The van der Waals surface area contributed by atoms with Crippen molar-refractivity contribution >= 4 is 11.9 Å². The molecule has 1 aliphatic carbocycles. The fourth-order valence-corrected chi connectivity index (χ4v) is 3.43. The molecule has 2 rings (SSSR count). The van der Waals surface area contributed by atoms with E-state index in [9.17, 15) is 9.59 Å². The van der Waals surface area contributed by atoms with E-state index in [2.05, 4.69) is 0 Å². The molecule has 1 aliphatic heterocycles. The SMILES string of the molecule is O=C(O)CC1CCN(C(=O)CCC2CCCCC2)C1. The maximum absolute atomic E-state index is 12.1. The first-order valence-electron chi connectivity index (χ1n) is 7.64. The lowest BCUT2D eigenvalue weighted by molar-refractivity contribution is -0.138. The zero-order chi connectivity index (χ0) is 13.7. The highest BCUT2D eigenvalue weighted by Gasteiger charge is 2.27. The van der Waals surface area contributed by atoms with Crippen LogP contribution in [0.4, 0.5) is 0 Å². The van der Waals surface area contributed by atoms with Crippen molar-refractivity contribution in [2.75, 3.05) is 13.1 Å². The summed E-state index contributed by atoms with van der Waals surface area (Å²) < 4.78 is 0. The second-order valence-electron chi connectivity index (χ2n) is 6.14. The number of amides is 1. The molecule has 1 heterocycles. The predicted molar refractivity (Wildman–Crippen MR) is 72.7 cm³/mol. The topological polar surface area (TPSA) is 57.6 Å². The Morgan fingerprint density at radius 1 is 1.05 bits per heavy atom. The Kier molecular flexibility index (Phi) is 5.23. The van der Waals surface area contributed by atoms with Gasteiger partial charge in [0.25, 0.3) is 0 Å². The summed E-state index contributed by atoms with van der Waals surface area (Å²) in [6.07, 6.45) is 9.31. The summed E-state index contributed by atoms with van der Waals surface area (Å²) in [6, 6.07) is 0. The number of carbonyl (C=O) groups is 2. The van der Waals surface area contributed by atoms with Gasteiger partial charge in [0.2, 0.25) is 5.91 Å². The molecule has 1 saturated heterocycles. The van der Waals surface area contributed by atoms with Crippen molar-refractivity contribution < 1.29 is 14.7 Å². The van der Waals surface area contributed by atoms with E-state index < -0.39 is 5.97 Å². The molecule has 0 bridgehead atoms. The molecule has 1 N–H and O–H groups in total. The highest BCUT2D eigenvalue weighted by molar-refractivity contribution is 5.76. The second-order valence-corrected chi connectivity index (χ2v) is 6.14. The molecule has 0 aromatic carbocycles. The highest BCUT2D eigenvalue weighted by atomic mass is 16.4. The number of likely N-dealkylation sites (tertiary alicyclic amines) is 1. The van der Waals surface area contributed by atoms with E-state index >= 15 is 0 Å². The van der Waals surface area contributed by atoms with Gasteiger partial charge in [-0.15, -0.1) is 0 Å². The van der Waals surface area contributed by atoms with Crippen molar-refractivity contribution in [1.29, 1.82) is 0 Å². The molecular weight excluding hydrogens is 242 g/mol. The first-order chi connectivity index (χ1) is 9.15. The molecule has 0 aromatic rings. The molecule has 0 spiro atoms. The van der Waals surface area contributed by atoms with Crippen molar-refractivity contribution in [2.24, 2.45) is 11.8 Å². The highest BCUT2D eigenvalue weighted by Crippen LogP contribution is 2.28. The van der Waals surface area contributed by atoms with Crippen LogP contribution >= 0.6 is 0 Å². The van der Waals surface area contributed by atoms with Gasteiger partial charge in [-0.2, -0.15) is 0 Å². The van der Waals surface area contributed by atoms with Gasteiger partial charge in [0.1, 0.15) is 0 Å². The van der Waals surface area contributed by atoms with E-state index in [4.69, 9.17) is 5.11 Å². The second kappa shape index (κ2) is 6.92. The van der Waals surface area contributed by atoms with Crippen LogP contribution in [0.25, 0.3) is 0 Å². The quantitative estimate of drug-likeness (QED) is 0.833. The fraction of sp³-hybridized carbons (Fsp3) is 0.867. The van der Waals surface area contributed by atoms with E-state index in [1.165, 1.54) is 32.1 Å². The van der Waals surface area contributed by atoms with Crippen molar-refractivity contribution in [1.82, 2.24) is 4.90 Å². The maximum atomic E-state index is 12.1. The standard InChI is InChI=1S/C15H25NO3/c17-14(7-6-12-4-2-1-3-5-12)16-9-8-13(11-16)10-15(18)19/h12-13H,1-11H2,(H,18,19). The van der Waals surface area contributed by atoms with Gasteiger partial charge in [-0.05, 0) is 24.7 Å². The van der Waals surface area contributed by atoms with Crippen molar-refractivity contribution in [3.05, 3.63) is 0 Å². The lowest BCUT2D eigenvalue weighted by Gasteiger charge is -2.22. The van der Waals surface area contributed by atoms with Gasteiger partial charge in [-0.25, -0.2) is 0 Å². The maximum Gasteiger partial charge on any atom is 0.303 e. The van der Waals surface area contributed by atoms with Crippen LogP contribution in [0, 0.1) is 11.8 Å². The lowest BCUT2D eigenvalue weighted by Crippen LogP contribution is -2.29. The molecule has 2 aliphatic rings. The molecule has 1 atom stereocenters. The van der Waals surface area contributed by atoms with Crippen LogP contribution in [0.1, 0.15) is 57.8 Å². The Hall–Kier alpha value is -1.06. The minimum Gasteiger partial charge on any atom is -0.481 e. The first kappa shape index (κ1) is 14.4. The molecule has 4 nitrogen and oxygen atoms in total. The Morgan fingerprint density at radius 3 is 2.47 bits per heavy atom. The summed E-state index contributed by atoms with van der Waals surface area (Å²) in [7, 11) is 0. The Bertz CT molecular complexity index is 323. The summed E-state index contributed by atoms with van der Waals surface area (Å²) in [5.41, 5.74) is 0. The number of nitrogens with zero attached hydrogens (tertiary/aromatic N) is 1. The van der Waals surface area contributed by atoms with Gasteiger partial charge in [-0.1, -0.05) is 32.1 Å². The van der Waals surface area contributed by atoms with E-state index in [1.807, 2.05) is 4.90 Å². The van der Waals surface area contributed by atoms with Crippen LogP contribution in [-0.4, -0.2) is 35.0 Å². The normalized spacial score (nSPS) is 24.6. The smallest absolute Gasteiger partial charge is 0.303 e. The van der Waals surface area contributed by atoms with E-state index in [0.29, 0.717) is 13.0 Å². The summed E-state index contributed by atoms with van der Waals surface area (Å²) in [5.74, 6) is 0.395. The largest absolute Gasteiger partial charge is 0.481 e. The predicted octanol–water partition coefficient (Wildman–Crippen LogP) is 2.67. The summed E-state index contributed by atoms with van der Waals surface area (Å²) in [4.78, 5) is 24.6. The van der Waals surface area contributed by atoms with Crippen molar-refractivity contribution in [2.45, 2.75) is 57.8 Å². The monoisotopic (exact) mass is 267 g/mol. The first-order valence-corrected chi connectivity index (χ1v) is 7.64. The minimum atomic E-state index is -0.749. The van der Waals surface area contributed by atoms with Gasteiger partial charge in [0.05, 0.1) is 0 Å². The number of hydrogen-bond donors (Lipinski definition) is 1. The Morgan fingerprint density at radius 2 is 1.79 bits per heavy atom.